The van der Waals surface area contributed by atoms with Crippen molar-refractivity contribution in [3.8, 4) is 0 Å². The summed E-state index contributed by atoms with van der Waals surface area (Å²) in [6.45, 7) is 1.10. The van der Waals surface area contributed by atoms with E-state index in [0.717, 1.165) is 12.1 Å². The van der Waals surface area contributed by atoms with E-state index in [1.165, 1.54) is 6.07 Å². The number of nitrogens with zero attached hydrogens (tertiary/aromatic N) is 1. The Labute approximate surface area is 103 Å². The van der Waals surface area contributed by atoms with Gasteiger partial charge in [-0.3, -0.25) is 9.69 Å². The van der Waals surface area contributed by atoms with Crippen molar-refractivity contribution >= 4 is 5.97 Å². The molecule has 0 saturated carbocycles. The molecule has 1 aromatic carbocycles. The van der Waals surface area contributed by atoms with Crippen molar-refractivity contribution in [2.75, 3.05) is 13.1 Å². The highest BCUT2D eigenvalue weighted by Gasteiger charge is 2.41. The molecule has 1 atom stereocenters. The molecule has 1 aromatic rings. The van der Waals surface area contributed by atoms with Crippen LogP contribution in [-0.4, -0.2) is 34.6 Å². The summed E-state index contributed by atoms with van der Waals surface area (Å²) in [5, 5.41) is 8.98. The van der Waals surface area contributed by atoms with Gasteiger partial charge >= 0.3 is 5.97 Å². The molecule has 18 heavy (non-hydrogen) atoms. The van der Waals surface area contributed by atoms with Crippen LogP contribution >= 0.6 is 0 Å². The lowest BCUT2D eigenvalue weighted by Crippen LogP contribution is -2.50. The van der Waals surface area contributed by atoms with E-state index in [2.05, 4.69) is 0 Å². The molecule has 0 aliphatic carbocycles. The van der Waals surface area contributed by atoms with E-state index in [1.54, 1.807) is 0 Å². The third-order valence-electron chi connectivity index (χ3n) is 3.20. The molecule has 6 heteroatoms. The number of rotatable bonds is 3. The van der Waals surface area contributed by atoms with Crippen molar-refractivity contribution in [2.45, 2.75) is 18.5 Å². The maximum absolute atomic E-state index is 13.0. The van der Waals surface area contributed by atoms with E-state index < -0.39 is 23.1 Å². The maximum Gasteiger partial charge on any atom is 0.325 e. The summed E-state index contributed by atoms with van der Waals surface area (Å²) in [4.78, 5) is 12.8. The molecule has 98 valence electrons. The molecule has 1 fully saturated rings. The zero-order chi connectivity index (χ0) is 13.3. The molecule has 2 rings (SSSR count). The molecule has 0 spiro atoms. The molecule has 0 amide bonds. The number of nitrogens with two attached hydrogens (primary N) is 1. The Balaban J connectivity index is 2.03. The van der Waals surface area contributed by atoms with Gasteiger partial charge in [0.05, 0.1) is 0 Å². The van der Waals surface area contributed by atoms with Crippen LogP contribution in [0.4, 0.5) is 8.78 Å². The smallest absolute Gasteiger partial charge is 0.325 e. The van der Waals surface area contributed by atoms with Gasteiger partial charge in [0.2, 0.25) is 0 Å². The van der Waals surface area contributed by atoms with E-state index in [-0.39, 0.29) is 6.54 Å². The summed E-state index contributed by atoms with van der Waals surface area (Å²) in [5.41, 5.74) is 5.09. The van der Waals surface area contributed by atoms with Crippen LogP contribution in [0.1, 0.15) is 12.0 Å². The standard InChI is InChI=1S/C12H14F2N2O2/c13-9-2-1-8(5-10(9)14)6-16-4-3-12(15,7-16)11(17)18/h1-2,5H,3-4,6-7,15H2,(H,17,18). The van der Waals surface area contributed by atoms with Crippen molar-refractivity contribution in [1.29, 1.82) is 0 Å². The quantitative estimate of drug-likeness (QED) is 0.845. The monoisotopic (exact) mass is 256 g/mol. The zero-order valence-corrected chi connectivity index (χ0v) is 9.70. The summed E-state index contributed by atoms with van der Waals surface area (Å²) >= 11 is 0. The van der Waals surface area contributed by atoms with Crippen LogP contribution in [0, 0.1) is 11.6 Å². The van der Waals surface area contributed by atoms with Gasteiger partial charge in [-0.2, -0.15) is 0 Å². The van der Waals surface area contributed by atoms with Crippen molar-refractivity contribution in [2.24, 2.45) is 5.73 Å². The fourth-order valence-corrected chi connectivity index (χ4v) is 2.12. The predicted molar refractivity (Wildman–Crippen MR) is 60.8 cm³/mol. The normalized spacial score (nSPS) is 24.4. The maximum atomic E-state index is 13.0. The Morgan fingerprint density at radius 3 is 2.72 bits per heavy atom. The Morgan fingerprint density at radius 1 is 1.44 bits per heavy atom. The summed E-state index contributed by atoms with van der Waals surface area (Å²) in [6, 6.07) is 3.66. The average Bonchev–Trinajstić information content (AvgIpc) is 2.67. The second-order valence-electron chi connectivity index (χ2n) is 4.67. The third-order valence-corrected chi connectivity index (χ3v) is 3.20. The number of halogens is 2. The number of likely N-dealkylation sites (tertiary alicyclic amines) is 1. The third kappa shape index (κ3) is 2.49. The van der Waals surface area contributed by atoms with Gasteiger partial charge in [-0.05, 0) is 24.1 Å². The summed E-state index contributed by atoms with van der Waals surface area (Å²) in [7, 11) is 0. The van der Waals surface area contributed by atoms with Gasteiger partial charge in [0.15, 0.2) is 11.6 Å². The number of aliphatic carboxylic acids is 1. The van der Waals surface area contributed by atoms with Gasteiger partial charge in [-0.1, -0.05) is 6.07 Å². The minimum Gasteiger partial charge on any atom is -0.480 e. The number of carbonyl (C=O) groups is 1. The van der Waals surface area contributed by atoms with Gasteiger partial charge in [0.1, 0.15) is 5.54 Å². The van der Waals surface area contributed by atoms with Gasteiger partial charge in [-0.25, -0.2) is 8.78 Å². The molecule has 1 unspecified atom stereocenters. The van der Waals surface area contributed by atoms with Crippen LogP contribution in [0.25, 0.3) is 0 Å². The molecule has 0 bridgehead atoms. The first-order valence-electron chi connectivity index (χ1n) is 5.59. The highest BCUT2D eigenvalue weighted by atomic mass is 19.2. The molecule has 1 aliphatic heterocycles. The first-order chi connectivity index (χ1) is 8.40. The molecular formula is C12H14F2N2O2. The molecule has 1 saturated heterocycles. The summed E-state index contributed by atoms with van der Waals surface area (Å²) < 4.78 is 25.8. The van der Waals surface area contributed by atoms with Crippen LogP contribution in [0.5, 0.6) is 0 Å². The van der Waals surface area contributed by atoms with Crippen LogP contribution in [0.2, 0.25) is 0 Å². The largest absolute Gasteiger partial charge is 0.480 e. The molecule has 4 nitrogen and oxygen atoms in total. The zero-order valence-electron chi connectivity index (χ0n) is 9.70. The SMILES string of the molecule is NC1(C(=O)O)CCN(Cc2ccc(F)c(F)c2)C1. The van der Waals surface area contributed by atoms with Gasteiger partial charge in [0, 0.05) is 19.6 Å². The second-order valence-corrected chi connectivity index (χ2v) is 4.67. The highest BCUT2D eigenvalue weighted by molar-refractivity contribution is 5.79. The molecule has 1 heterocycles. The molecule has 3 N–H and O–H groups in total. The fourth-order valence-electron chi connectivity index (χ4n) is 2.12. The summed E-state index contributed by atoms with van der Waals surface area (Å²) in [6.07, 6.45) is 0.353. The Kier molecular flexibility index (Phi) is 3.32. The first-order valence-corrected chi connectivity index (χ1v) is 5.59. The number of hydrogen-bond acceptors (Lipinski definition) is 3. The average molecular weight is 256 g/mol. The number of carboxylic acid groups (broad SMARTS) is 1. The molecule has 0 radical (unpaired) electrons. The Bertz CT molecular complexity index is 481. The Morgan fingerprint density at radius 2 is 2.17 bits per heavy atom. The predicted octanol–water partition coefficient (Wildman–Crippen LogP) is 0.953. The van der Waals surface area contributed by atoms with E-state index in [4.69, 9.17) is 10.8 Å². The van der Waals surface area contributed by atoms with Crippen LogP contribution in [0.3, 0.4) is 0 Å². The first kappa shape index (κ1) is 12.9. The number of carboxylic acids is 1. The van der Waals surface area contributed by atoms with E-state index in [9.17, 15) is 13.6 Å². The van der Waals surface area contributed by atoms with Crippen molar-refractivity contribution < 1.29 is 18.7 Å². The lowest BCUT2D eigenvalue weighted by atomic mass is 10.0. The minimum absolute atomic E-state index is 0.210. The van der Waals surface area contributed by atoms with E-state index in [1.807, 2.05) is 4.90 Å². The van der Waals surface area contributed by atoms with Crippen LogP contribution < -0.4 is 5.73 Å². The topological polar surface area (TPSA) is 66.6 Å². The number of hydrogen-bond donors (Lipinski definition) is 2. The van der Waals surface area contributed by atoms with Crippen LogP contribution in [-0.2, 0) is 11.3 Å². The van der Waals surface area contributed by atoms with E-state index in [0.29, 0.717) is 25.1 Å². The Hall–Kier alpha value is -1.53. The molecule has 1 aliphatic rings. The minimum atomic E-state index is -1.24. The lowest BCUT2D eigenvalue weighted by molar-refractivity contribution is -0.142. The lowest BCUT2D eigenvalue weighted by Gasteiger charge is -2.20. The number of benzene rings is 1. The van der Waals surface area contributed by atoms with Crippen molar-refractivity contribution in [1.82, 2.24) is 4.90 Å². The van der Waals surface area contributed by atoms with Crippen molar-refractivity contribution in [3.63, 3.8) is 0 Å². The highest BCUT2D eigenvalue weighted by Crippen LogP contribution is 2.21. The van der Waals surface area contributed by atoms with Gasteiger partial charge < -0.3 is 10.8 Å². The molecule has 0 aromatic heterocycles. The van der Waals surface area contributed by atoms with E-state index >= 15 is 0 Å². The van der Waals surface area contributed by atoms with Gasteiger partial charge in [-0.15, -0.1) is 0 Å². The fraction of sp³-hybridized carbons (Fsp3) is 0.417. The molecular weight excluding hydrogens is 242 g/mol. The van der Waals surface area contributed by atoms with Crippen LogP contribution in [0.15, 0.2) is 18.2 Å². The summed E-state index contributed by atoms with van der Waals surface area (Å²) in [5.74, 6) is -2.82. The second kappa shape index (κ2) is 4.62. The van der Waals surface area contributed by atoms with Gasteiger partial charge in [0.25, 0.3) is 0 Å². The van der Waals surface area contributed by atoms with Crippen molar-refractivity contribution in [3.05, 3.63) is 35.4 Å².